The summed E-state index contributed by atoms with van der Waals surface area (Å²) >= 11 is 1.41. The summed E-state index contributed by atoms with van der Waals surface area (Å²) in [5.74, 6) is 0. The van der Waals surface area contributed by atoms with Gasteiger partial charge in [-0.15, -0.1) is 5.10 Å². The molecule has 0 bridgehead atoms. The number of nitrogens with zero attached hydrogens (tertiary/aromatic N) is 6. The molecular weight excluding hydrogens is 292 g/mol. The van der Waals surface area contributed by atoms with Crippen molar-refractivity contribution in [3.05, 3.63) is 39.0 Å². The fourth-order valence-corrected chi connectivity index (χ4v) is 2.79. The van der Waals surface area contributed by atoms with E-state index in [-0.39, 0.29) is 12.2 Å². The Morgan fingerprint density at radius 1 is 1.38 bits per heavy atom. The van der Waals surface area contributed by atoms with Gasteiger partial charge >= 0.3 is 0 Å². The Morgan fingerprint density at radius 3 is 3.00 bits per heavy atom. The van der Waals surface area contributed by atoms with Gasteiger partial charge in [0.05, 0.1) is 17.9 Å². The van der Waals surface area contributed by atoms with E-state index in [1.807, 2.05) is 6.92 Å². The van der Waals surface area contributed by atoms with E-state index in [9.17, 15) is 4.79 Å². The van der Waals surface area contributed by atoms with Gasteiger partial charge in [0.15, 0.2) is 0 Å². The predicted molar refractivity (Wildman–Crippen MR) is 76.4 cm³/mol. The molecule has 3 aromatic heterocycles. The maximum absolute atomic E-state index is 12.0. The van der Waals surface area contributed by atoms with Crippen LogP contribution in [0.2, 0.25) is 0 Å². The minimum absolute atomic E-state index is 0.0326. The lowest BCUT2D eigenvalue weighted by atomic mass is 10.3. The summed E-state index contributed by atoms with van der Waals surface area (Å²) in [5, 5.41) is 21.8. The van der Waals surface area contributed by atoms with Crippen molar-refractivity contribution in [2.75, 3.05) is 6.61 Å². The molecular formula is C12H14N6O2S. The first kappa shape index (κ1) is 13.8. The van der Waals surface area contributed by atoms with Gasteiger partial charge in [0, 0.05) is 25.3 Å². The van der Waals surface area contributed by atoms with E-state index in [0.29, 0.717) is 29.3 Å². The molecule has 0 aliphatic rings. The molecule has 0 amide bonds. The van der Waals surface area contributed by atoms with E-state index >= 15 is 0 Å². The zero-order chi connectivity index (χ0) is 14.8. The quantitative estimate of drug-likeness (QED) is 0.706. The van der Waals surface area contributed by atoms with Crippen LogP contribution in [-0.4, -0.2) is 41.3 Å². The first-order valence-corrected chi connectivity index (χ1v) is 7.39. The number of rotatable bonds is 5. The summed E-state index contributed by atoms with van der Waals surface area (Å²) in [6, 6.07) is 1.46. The molecule has 0 radical (unpaired) electrons. The summed E-state index contributed by atoms with van der Waals surface area (Å²) in [7, 11) is 0. The van der Waals surface area contributed by atoms with Crippen LogP contribution >= 0.6 is 11.3 Å². The van der Waals surface area contributed by atoms with Crippen LogP contribution < -0.4 is 5.56 Å². The second-order valence-corrected chi connectivity index (χ2v) is 5.55. The molecule has 0 aromatic carbocycles. The molecule has 0 unspecified atom stereocenters. The smallest absolute Gasteiger partial charge is 0.275 e. The third kappa shape index (κ3) is 2.83. The van der Waals surface area contributed by atoms with Gasteiger partial charge in [-0.3, -0.25) is 4.79 Å². The van der Waals surface area contributed by atoms with Gasteiger partial charge in [0.1, 0.15) is 5.01 Å². The third-order valence-electron chi connectivity index (χ3n) is 2.92. The lowest BCUT2D eigenvalue weighted by Gasteiger charge is -1.99. The van der Waals surface area contributed by atoms with E-state index in [1.165, 1.54) is 21.9 Å². The van der Waals surface area contributed by atoms with Gasteiger partial charge in [0.2, 0.25) is 4.96 Å². The molecule has 3 rings (SSSR count). The van der Waals surface area contributed by atoms with E-state index < -0.39 is 0 Å². The maximum atomic E-state index is 12.0. The first-order valence-electron chi connectivity index (χ1n) is 6.58. The molecule has 0 atom stereocenters. The van der Waals surface area contributed by atoms with Crippen LogP contribution in [0.25, 0.3) is 4.96 Å². The van der Waals surface area contributed by atoms with Crippen molar-refractivity contribution >= 4 is 16.3 Å². The zero-order valence-electron chi connectivity index (χ0n) is 11.4. The van der Waals surface area contributed by atoms with E-state index in [2.05, 4.69) is 20.4 Å². The number of aliphatic hydroxyl groups excluding tert-OH is 1. The van der Waals surface area contributed by atoms with Crippen LogP contribution in [0.3, 0.4) is 0 Å². The lowest BCUT2D eigenvalue weighted by Crippen LogP contribution is -2.17. The summed E-state index contributed by atoms with van der Waals surface area (Å²) < 4.78 is 2.93. The highest BCUT2D eigenvalue weighted by atomic mass is 32.1. The Bertz CT molecular complexity index is 821. The fourth-order valence-electron chi connectivity index (χ4n) is 1.93. The Kier molecular flexibility index (Phi) is 3.76. The van der Waals surface area contributed by atoms with Crippen molar-refractivity contribution in [1.82, 2.24) is 29.6 Å². The highest BCUT2D eigenvalue weighted by molar-refractivity contribution is 7.16. The Hall–Kier alpha value is -2.13. The SMILES string of the molecule is CCc1nn2c(=O)cc(Cn3cc(CCO)nn3)nc2s1. The van der Waals surface area contributed by atoms with Crippen molar-refractivity contribution in [2.45, 2.75) is 26.3 Å². The van der Waals surface area contributed by atoms with Gasteiger partial charge < -0.3 is 5.11 Å². The molecule has 0 spiro atoms. The summed E-state index contributed by atoms with van der Waals surface area (Å²) in [4.78, 5) is 17.0. The second kappa shape index (κ2) is 5.70. The summed E-state index contributed by atoms with van der Waals surface area (Å²) in [6.45, 7) is 2.39. The fraction of sp³-hybridized carbons (Fsp3) is 0.417. The van der Waals surface area contributed by atoms with Crippen molar-refractivity contribution in [3.8, 4) is 0 Å². The number of aromatic nitrogens is 6. The van der Waals surface area contributed by atoms with Crippen LogP contribution in [0.4, 0.5) is 0 Å². The van der Waals surface area contributed by atoms with Gasteiger partial charge in [-0.05, 0) is 6.42 Å². The van der Waals surface area contributed by atoms with E-state index in [0.717, 1.165) is 11.4 Å². The zero-order valence-corrected chi connectivity index (χ0v) is 12.2. The molecule has 8 nitrogen and oxygen atoms in total. The second-order valence-electron chi connectivity index (χ2n) is 4.51. The van der Waals surface area contributed by atoms with Gasteiger partial charge in [-0.25, -0.2) is 9.67 Å². The Labute approximate surface area is 123 Å². The lowest BCUT2D eigenvalue weighted by molar-refractivity contribution is 0.298. The average molecular weight is 306 g/mol. The van der Waals surface area contributed by atoms with Crippen molar-refractivity contribution in [2.24, 2.45) is 0 Å². The number of hydrogen-bond donors (Lipinski definition) is 1. The molecule has 9 heteroatoms. The number of aliphatic hydroxyl groups is 1. The van der Waals surface area contributed by atoms with Crippen molar-refractivity contribution in [3.63, 3.8) is 0 Å². The highest BCUT2D eigenvalue weighted by Crippen LogP contribution is 2.12. The monoisotopic (exact) mass is 306 g/mol. The standard InChI is InChI=1S/C12H14N6O2S/c1-2-10-15-18-11(20)5-9(13-12(18)21-10)7-17-6-8(3-4-19)14-16-17/h5-6,19H,2-4,7H2,1H3. The number of hydrogen-bond acceptors (Lipinski definition) is 7. The molecule has 1 N–H and O–H groups in total. The van der Waals surface area contributed by atoms with E-state index in [4.69, 9.17) is 5.11 Å². The Morgan fingerprint density at radius 2 is 2.24 bits per heavy atom. The number of fused-ring (bicyclic) bond motifs is 1. The molecule has 0 aliphatic carbocycles. The molecule has 3 heterocycles. The predicted octanol–water partition coefficient (Wildman–Crippen LogP) is -0.112. The third-order valence-corrected chi connectivity index (χ3v) is 3.97. The normalized spacial score (nSPS) is 11.3. The minimum Gasteiger partial charge on any atom is -0.396 e. The van der Waals surface area contributed by atoms with Crippen LogP contribution in [-0.2, 0) is 19.4 Å². The van der Waals surface area contributed by atoms with Crippen molar-refractivity contribution in [1.29, 1.82) is 0 Å². The largest absolute Gasteiger partial charge is 0.396 e. The van der Waals surface area contributed by atoms with Crippen molar-refractivity contribution < 1.29 is 5.11 Å². The minimum atomic E-state index is -0.193. The molecule has 0 saturated carbocycles. The topological polar surface area (TPSA) is 98.2 Å². The average Bonchev–Trinajstić information content (AvgIpc) is 3.06. The molecule has 21 heavy (non-hydrogen) atoms. The Balaban J connectivity index is 1.91. The van der Waals surface area contributed by atoms with Gasteiger partial charge in [0.25, 0.3) is 5.56 Å². The highest BCUT2D eigenvalue weighted by Gasteiger charge is 2.09. The van der Waals surface area contributed by atoms with Crippen LogP contribution in [0.5, 0.6) is 0 Å². The van der Waals surface area contributed by atoms with Crippen LogP contribution in [0, 0.1) is 0 Å². The molecule has 110 valence electrons. The molecule has 0 aliphatic heterocycles. The van der Waals surface area contributed by atoms with Gasteiger partial charge in [-0.2, -0.15) is 9.61 Å². The summed E-state index contributed by atoms with van der Waals surface area (Å²) in [5.41, 5.74) is 1.13. The molecule has 3 aromatic rings. The first-order chi connectivity index (χ1) is 10.2. The van der Waals surface area contributed by atoms with Gasteiger partial charge in [-0.1, -0.05) is 23.5 Å². The number of aryl methyl sites for hydroxylation is 1. The maximum Gasteiger partial charge on any atom is 0.275 e. The van der Waals surface area contributed by atoms with Crippen LogP contribution in [0.15, 0.2) is 17.1 Å². The van der Waals surface area contributed by atoms with E-state index in [1.54, 1.807) is 10.9 Å². The molecule has 0 saturated heterocycles. The van der Waals surface area contributed by atoms with Crippen LogP contribution in [0.1, 0.15) is 23.3 Å². The molecule has 0 fully saturated rings. The summed E-state index contributed by atoms with van der Waals surface area (Å²) in [6.07, 6.45) is 2.98.